The van der Waals surface area contributed by atoms with Gasteiger partial charge in [0.15, 0.2) is 0 Å². The molecule has 1 aliphatic rings. The maximum absolute atomic E-state index is 13.8. The average Bonchev–Trinajstić information content (AvgIpc) is 2.63. The Morgan fingerprint density at radius 3 is 2.15 bits per heavy atom. The summed E-state index contributed by atoms with van der Waals surface area (Å²) in [6, 6.07) is 6.55. The molecular formula is C19H18F4N2O2. The van der Waals surface area contributed by atoms with Crippen LogP contribution in [0.5, 0.6) is 0 Å². The first-order valence-electron chi connectivity index (χ1n) is 8.43. The molecule has 1 amide bonds. The summed E-state index contributed by atoms with van der Waals surface area (Å²) in [5, 5.41) is 0. The van der Waals surface area contributed by atoms with E-state index < -0.39 is 23.3 Å². The third-order valence-electron chi connectivity index (χ3n) is 4.38. The molecule has 0 atom stereocenters. The number of ether oxygens (including phenoxy) is 1. The van der Waals surface area contributed by atoms with Crippen LogP contribution in [0.25, 0.3) is 0 Å². The standard InChI is InChI=1S/C19H18F4N2O2/c20-14-2-1-13(16(22)9-14)11-27-12-19(26)25-7-5-24(6-8-25)18-4-3-15(21)10-17(18)23/h1-4,9-10H,5-8,11-12H2. The highest BCUT2D eigenvalue weighted by atomic mass is 19.1. The third-order valence-corrected chi connectivity index (χ3v) is 4.38. The van der Waals surface area contributed by atoms with Crippen molar-refractivity contribution in [3.05, 3.63) is 65.2 Å². The van der Waals surface area contributed by atoms with Gasteiger partial charge in [0.1, 0.15) is 29.9 Å². The number of carbonyl (C=O) groups excluding carboxylic acids is 1. The molecule has 4 nitrogen and oxygen atoms in total. The van der Waals surface area contributed by atoms with Crippen molar-refractivity contribution in [3.8, 4) is 0 Å². The van der Waals surface area contributed by atoms with Crippen LogP contribution in [0.4, 0.5) is 23.2 Å². The Bertz CT molecular complexity index is 823. The maximum Gasteiger partial charge on any atom is 0.248 e. The Labute approximate surface area is 153 Å². The average molecular weight is 382 g/mol. The SMILES string of the molecule is O=C(COCc1ccc(F)cc1F)N1CCN(c2ccc(F)cc2F)CC1. The van der Waals surface area contributed by atoms with Crippen LogP contribution in [-0.4, -0.2) is 43.6 Å². The van der Waals surface area contributed by atoms with Crippen LogP contribution in [0.3, 0.4) is 0 Å². The highest BCUT2D eigenvalue weighted by Crippen LogP contribution is 2.21. The zero-order valence-electron chi connectivity index (χ0n) is 14.4. The second-order valence-corrected chi connectivity index (χ2v) is 6.19. The highest BCUT2D eigenvalue weighted by Gasteiger charge is 2.23. The molecule has 1 heterocycles. The Morgan fingerprint density at radius 1 is 0.889 bits per heavy atom. The van der Waals surface area contributed by atoms with Crippen molar-refractivity contribution in [1.29, 1.82) is 0 Å². The van der Waals surface area contributed by atoms with Crippen LogP contribution in [0.1, 0.15) is 5.56 Å². The summed E-state index contributed by atoms with van der Waals surface area (Å²) >= 11 is 0. The monoisotopic (exact) mass is 382 g/mol. The van der Waals surface area contributed by atoms with Gasteiger partial charge in [0, 0.05) is 43.9 Å². The van der Waals surface area contributed by atoms with Gasteiger partial charge in [-0.05, 0) is 18.2 Å². The topological polar surface area (TPSA) is 32.8 Å². The molecule has 0 unspecified atom stereocenters. The number of rotatable bonds is 5. The second-order valence-electron chi connectivity index (χ2n) is 6.19. The third kappa shape index (κ3) is 4.77. The lowest BCUT2D eigenvalue weighted by atomic mass is 10.2. The minimum atomic E-state index is -0.725. The molecule has 8 heteroatoms. The van der Waals surface area contributed by atoms with Crippen molar-refractivity contribution in [2.75, 3.05) is 37.7 Å². The molecule has 2 aromatic carbocycles. The van der Waals surface area contributed by atoms with Crippen molar-refractivity contribution in [2.45, 2.75) is 6.61 Å². The Kier molecular flexibility index (Phi) is 5.95. The van der Waals surface area contributed by atoms with E-state index >= 15 is 0 Å². The molecule has 1 saturated heterocycles. The molecule has 1 aliphatic heterocycles. The number of nitrogens with zero attached hydrogens (tertiary/aromatic N) is 2. The molecule has 27 heavy (non-hydrogen) atoms. The number of amides is 1. The molecule has 1 fully saturated rings. The normalized spacial score (nSPS) is 14.5. The lowest BCUT2D eigenvalue weighted by Gasteiger charge is -2.36. The van der Waals surface area contributed by atoms with E-state index in [1.165, 1.54) is 18.2 Å². The van der Waals surface area contributed by atoms with Gasteiger partial charge < -0.3 is 14.5 Å². The smallest absolute Gasteiger partial charge is 0.248 e. The first-order valence-corrected chi connectivity index (χ1v) is 8.43. The van der Waals surface area contributed by atoms with Gasteiger partial charge in [-0.2, -0.15) is 0 Å². The molecule has 0 aliphatic carbocycles. The number of carbonyl (C=O) groups is 1. The van der Waals surface area contributed by atoms with Gasteiger partial charge >= 0.3 is 0 Å². The summed E-state index contributed by atoms with van der Waals surface area (Å²) in [5.41, 5.74) is 0.465. The molecule has 2 aromatic rings. The van der Waals surface area contributed by atoms with E-state index in [1.54, 1.807) is 9.80 Å². The Balaban J connectivity index is 1.47. The van der Waals surface area contributed by atoms with E-state index in [2.05, 4.69) is 0 Å². The predicted molar refractivity (Wildman–Crippen MR) is 91.2 cm³/mol. The number of piperazine rings is 1. The number of hydrogen-bond acceptors (Lipinski definition) is 3. The predicted octanol–water partition coefficient (Wildman–Crippen LogP) is 3.11. The summed E-state index contributed by atoms with van der Waals surface area (Å²) in [4.78, 5) is 15.5. The zero-order chi connectivity index (χ0) is 19.4. The number of anilines is 1. The number of benzene rings is 2. The van der Waals surface area contributed by atoms with E-state index in [4.69, 9.17) is 4.74 Å². The van der Waals surface area contributed by atoms with E-state index in [0.29, 0.717) is 31.9 Å². The largest absolute Gasteiger partial charge is 0.367 e. The second kappa shape index (κ2) is 8.39. The van der Waals surface area contributed by atoms with Crippen LogP contribution < -0.4 is 4.90 Å². The van der Waals surface area contributed by atoms with Crippen LogP contribution in [0, 0.1) is 23.3 Å². The molecule has 144 valence electrons. The fraction of sp³-hybridized carbons (Fsp3) is 0.316. The van der Waals surface area contributed by atoms with Crippen molar-refractivity contribution >= 4 is 11.6 Å². The van der Waals surface area contributed by atoms with Crippen molar-refractivity contribution in [3.63, 3.8) is 0 Å². The lowest BCUT2D eigenvalue weighted by Crippen LogP contribution is -2.50. The van der Waals surface area contributed by atoms with Crippen molar-refractivity contribution in [2.24, 2.45) is 0 Å². The minimum Gasteiger partial charge on any atom is -0.367 e. The Hall–Kier alpha value is -2.61. The number of halogens is 4. The van der Waals surface area contributed by atoms with E-state index in [-0.39, 0.29) is 24.7 Å². The lowest BCUT2D eigenvalue weighted by molar-refractivity contribution is -0.136. The van der Waals surface area contributed by atoms with Gasteiger partial charge in [0.2, 0.25) is 5.91 Å². The Morgan fingerprint density at radius 2 is 1.52 bits per heavy atom. The molecular weight excluding hydrogens is 364 g/mol. The van der Waals surface area contributed by atoms with Crippen LogP contribution >= 0.6 is 0 Å². The summed E-state index contributed by atoms with van der Waals surface area (Å²) in [5.74, 6) is -2.95. The number of hydrogen-bond donors (Lipinski definition) is 0. The maximum atomic E-state index is 13.8. The quantitative estimate of drug-likeness (QED) is 0.745. The van der Waals surface area contributed by atoms with Crippen LogP contribution in [-0.2, 0) is 16.1 Å². The van der Waals surface area contributed by atoms with E-state index in [0.717, 1.165) is 18.2 Å². The summed E-state index contributed by atoms with van der Waals surface area (Å²) in [7, 11) is 0. The van der Waals surface area contributed by atoms with Gasteiger partial charge in [-0.1, -0.05) is 6.07 Å². The molecule has 3 rings (SSSR count). The van der Waals surface area contributed by atoms with Gasteiger partial charge in [-0.15, -0.1) is 0 Å². The van der Waals surface area contributed by atoms with E-state index in [9.17, 15) is 22.4 Å². The van der Waals surface area contributed by atoms with E-state index in [1.807, 2.05) is 0 Å². The fourth-order valence-corrected chi connectivity index (χ4v) is 2.91. The highest BCUT2D eigenvalue weighted by molar-refractivity contribution is 5.77. The van der Waals surface area contributed by atoms with Gasteiger partial charge in [0.25, 0.3) is 0 Å². The van der Waals surface area contributed by atoms with Crippen LogP contribution in [0.15, 0.2) is 36.4 Å². The molecule has 0 saturated carbocycles. The molecule has 0 aromatic heterocycles. The van der Waals surface area contributed by atoms with Gasteiger partial charge in [-0.25, -0.2) is 17.6 Å². The fourth-order valence-electron chi connectivity index (χ4n) is 2.91. The van der Waals surface area contributed by atoms with Crippen molar-refractivity contribution in [1.82, 2.24) is 4.90 Å². The molecule has 0 spiro atoms. The minimum absolute atomic E-state index is 0.140. The summed E-state index contributed by atoms with van der Waals surface area (Å²) in [6.07, 6.45) is 0. The van der Waals surface area contributed by atoms with Gasteiger partial charge in [0.05, 0.1) is 12.3 Å². The first-order chi connectivity index (χ1) is 12.9. The first kappa shape index (κ1) is 19.2. The van der Waals surface area contributed by atoms with Crippen LogP contribution in [0.2, 0.25) is 0 Å². The molecule has 0 bridgehead atoms. The van der Waals surface area contributed by atoms with Gasteiger partial charge in [-0.3, -0.25) is 4.79 Å². The summed E-state index contributed by atoms with van der Waals surface area (Å²) < 4.78 is 58.4. The zero-order valence-corrected chi connectivity index (χ0v) is 14.4. The molecule has 0 radical (unpaired) electrons. The molecule has 0 N–H and O–H groups in total. The summed E-state index contributed by atoms with van der Waals surface area (Å²) in [6.45, 7) is 1.16. The van der Waals surface area contributed by atoms with Crippen molar-refractivity contribution < 1.29 is 27.1 Å².